The molecule has 21 heavy (non-hydrogen) atoms. The number of nitrogens with zero attached hydrogens (tertiary/aromatic N) is 1. The summed E-state index contributed by atoms with van der Waals surface area (Å²) in [6.45, 7) is 0. The van der Waals surface area contributed by atoms with Crippen LogP contribution in [0.1, 0.15) is 24.3 Å². The van der Waals surface area contributed by atoms with E-state index in [1.165, 1.54) is 22.9 Å². The number of rotatable bonds is 3. The minimum absolute atomic E-state index is 0.538. The number of aromatic amines is 1. The Kier molecular flexibility index (Phi) is 3.19. The number of anilines is 1. The van der Waals surface area contributed by atoms with Crippen LogP contribution in [-0.4, -0.2) is 16.2 Å². The zero-order valence-electron chi connectivity index (χ0n) is 11.5. The van der Waals surface area contributed by atoms with Crippen molar-refractivity contribution < 1.29 is 0 Å². The van der Waals surface area contributed by atoms with Gasteiger partial charge in [0.1, 0.15) is 0 Å². The predicted molar refractivity (Wildman–Crippen MR) is 89.6 cm³/mol. The van der Waals surface area contributed by atoms with E-state index in [2.05, 4.69) is 73.9 Å². The second kappa shape index (κ2) is 5.19. The number of nitrogens with one attached hydrogen (secondary N) is 2. The highest BCUT2D eigenvalue weighted by Crippen LogP contribution is 2.41. The van der Waals surface area contributed by atoms with Crippen LogP contribution in [0.5, 0.6) is 0 Å². The molecule has 0 atom stereocenters. The van der Waals surface area contributed by atoms with Crippen LogP contribution in [0.4, 0.5) is 5.69 Å². The molecule has 0 unspecified atom stereocenters. The van der Waals surface area contributed by atoms with Crippen molar-refractivity contribution in [2.75, 3.05) is 5.32 Å². The van der Waals surface area contributed by atoms with Crippen molar-refractivity contribution in [2.45, 2.75) is 24.8 Å². The number of aromatic nitrogens is 2. The molecule has 0 bridgehead atoms. The topological polar surface area (TPSA) is 40.7 Å². The van der Waals surface area contributed by atoms with Gasteiger partial charge in [-0.15, -0.1) is 0 Å². The fourth-order valence-corrected chi connectivity index (χ4v) is 3.71. The van der Waals surface area contributed by atoms with Gasteiger partial charge in [-0.3, -0.25) is 5.10 Å². The molecule has 1 fully saturated rings. The number of benzene rings is 2. The van der Waals surface area contributed by atoms with E-state index in [1.54, 1.807) is 0 Å². The molecular weight excluding hydrogens is 326 g/mol. The van der Waals surface area contributed by atoms with E-state index in [9.17, 15) is 0 Å². The minimum atomic E-state index is 0.538. The van der Waals surface area contributed by atoms with E-state index in [-0.39, 0.29) is 0 Å². The molecule has 0 saturated heterocycles. The molecular formula is C17H16BrN3. The lowest BCUT2D eigenvalue weighted by Crippen LogP contribution is -2.34. The molecule has 1 saturated carbocycles. The Morgan fingerprint density at radius 2 is 1.95 bits per heavy atom. The van der Waals surface area contributed by atoms with Gasteiger partial charge >= 0.3 is 0 Å². The van der Waals surface area contributed by atoms with Crippen LogP contribution < -0.4 is 5.32 Å². The molecule has 0 spiro atoms. The molecule has 1 aliphatic rings. The van der Waals surface area contributed by atoms with Crippen LogP contribution in [0.3, 0.4) is 0 Å². The molecule has 1 heterocycles. The maximum Gasteiger partial charge on any atom is 0.0881 e. The number of H-pyrrole nitrogens is 1. The summed E-state index contributed by atoms with van der Waals surface area (Å²) in [5.74, 6) is 0.652. The standard InChI is InChI=1S/C17H16BrN3/c18-15-6-2-1-5-14(15)12-8-13(9-12)20-16-7-3-4-11-10-19-21-17(11)16/h1-7,10,12-13,20H,8-9H2,(H,19,21). The summed E-state index contributed by atoms with van der Waals surface area (Å²) in [5.41, 5.74) is 3.68. The zero-order chi connectivity index (χ0) is 14.2. The Hall–Kier alpha value is -1.81. The maximum atomic E-state index is 4.12. The second-order valence-corrected chi connectivity index (χ2v) is 6.53. The minimum Gasteiger partial charge on any atom is -0.381 e. The van der Waals surface area contributed by atoms with Crippen molar-refractivity contribution >= 4 is 32.5 Å². The third kappa shape index (κ3) is 2.33. The third-order valence-electron chi connectivity index (χ3n) is 4.32. The lowest BCUT2D eigenvalue weighted by atomic mass is 9.76. The van der Waals surface area contributed by atoms with E-state index in [0.29, 0.717) is 12.0 Å². The van der Waals surface area contributed by atoms with Gasteiger partial charge in [-0.25, -0.2) is 0 Å². The first-order valence-electron chi connectivity index (χ1n) is 7.24. The molecule has 3 nitrogen and oxygen atoms in total. The van der Waals surface area contributed by atoms with Gasteiger partial charge in [-0.05, 0) is 36.5 Å². The van der Waals surface area contributed by atoms with Crippen molar-refractivity contribution in [3.05, 3.63) is 58.7 Å². The largest absolute Gasteiger partial charge is 0.381 e. The maximum absolute atomic E-state index is 4.12. The Morgan fingerprint density at radius 1 is 1.10 bits per heavy atom. The highest BCUT2D eigenvalue weighted by Gasteiger charge is 2.31. The molecule has 0 aliphatic heterocycles. The van der Waals surface area contributed by atoms with Crippen molar-refractivity contribution in [1.82, 2.24) is 10.2 Å². The van der Waals surface area contributed by atoms with Gasteiger partial charge < -0.3 is 5.32 Å². The highest BCUT2D eigenvalue weighted by molar-refractivity contribution is 9.10. The Labute approximate surface area is 131 Å². The van der Waals surface area contributed by atoms with Gasteiger partial charge in [0.05, 0.1) is 17.4 Å². The summed E-state index contributed by atoms with van der Waals surface area (Å²) in [5, 5.41) is 12.0. The Morgan fingerprint density at radius 3 is 2.81 bits per heavy atom. The van der Waals surface area contributed by atoms with Crippen LogP contribution in [0.2, 0.25) is 0 Å². The SMILES string of the molecule is Brc1ccccc1C1CC(Nc2cccc3cn[nH]c23)C1. The van der Waals surface area contributed by atoms with E-state index < -0.39 is 0 Å². The van der Waals surface area contributed by atoms with Crippen LogP contribution >= 0.6 is 15.9 Å². The van der Waals surface area contributed by atoms with Gasteiger partial charge in [0.15, 0.2) is 0 Å². The van der Waals surface area contributed by atoms with E-state index in [1.807, 2.05) is 6.20 Å². The van der Waals surface area contributed by atoms with Gasteiger partial charge in [-0.2, -0.15) is 5.10 Å². The molecule has 4 heteroatoms. The average Bonchev–Trinajstić information content (AvgIpc) is 2.93. The van der Waals surface area contributed by atoms with Gasteiger partial charge in [0.25, 0.3) is 0 Å². The van der Waals surface area contributed by atoms with Crippen LogP contribution in [-0.2, 0) is 0 Å². The zero-order valence-corrected chi connectivity index (χ0v) is 13.1. The predicted octanol–water partition coefficient (Wildman–Crippen LogP) is 4.68. The number of hydrogen-bond acceptors (Lipinski definition) is 2. The lowest BCUT2D eigenvalue weighted by molar-refractivity contribution is 0.373. The van der Waals surface area contributed by atoms with Crippen molar-refractivity contribution in [3.63, 3.8) is 0 Å². The first kappa shape index (κ1) is 12.9. The summed E-state index contributed by atoms with van der Waals surface area (Å²) in [7, 11) is 0. The van der Waals surface area contributed by atoms with Gasteiger partial charge in [0, 0.05) is 15.9 Å². The summed E-state index contributed by atoms with van der Waals surface area (Å²) >= 11 is 3.65. The molecule has 3 aromatic rings. The first-order chi connectivity index (χ1) is 10.3. The number of para-hydroxylation sites is 1. The summed E-state index contributed by atoms with van der Waals surface area (Å²) in [6, 6.07) is 15.3. The Bertz CT molecular complexity index is 774. The van der Waals surface area contributed by atoms with E-state index in [0.717, 1.165) is 16.6 Å². The van der Waals surface area contributed by atoms with Crippen LogP contribution in [0.15, 0.2) is 53.1 Å². The number of halogens is 1. The molecule has 2 N–H and O–H groups in total. The van der Waals surface area contributed by atoms with Crippen molar-refractivity contribution in [1.29, 1.82) is 0 Å². The highest BCUT2D eigenvalue weighted by atomic mass is 79.9. The smallest absolute Gasteiger partial charge is 0.0881 e. The third-order valence-corrected chi connectivity index (χ3v) is 5.04. The molecule has 0 radical (unpaired) electrons. The molecule has 1 aliphatic carbocycles. The lowest BCUT2D eigenvalue weighted by Gasteiger charge is -2.37. The number of hydrogen-bond donors (Lipinski definition) is 2. The molecule has 1 aromatic heterocycles. The summed E-state index contributed by atoms with van der Waals surface area (Å²) < 4.78 is 1.23. The van der Waals surface area contributed by atoms with Crippen molar-refractivity contribution in [2.24, 2.45) is 0 Å². The monoisotopic (exact) mass is 341 g/mol. The van der Waals surface area contributed by atoms with Crippen molar-refractivity contribution in [3.8, 4) is 0 Å². The molecule has 0 amide bonds. The summed E-state index contributed by atoms with van der Waals surface area (Å²) in [4.78, 5) is 0. The first-order valence-corrected chi connectivity index (χ1v) is 8.03. The quantitative estimate of drug-likeness (QED) is 0.725. The van der Waals surface area contributed by atoms with Crippen LogP contribution in [0, 0.1) is 0 Å². The average molecular weight is 342 g/mol. The van der Waals surface area contributed by atoms with E-state index >= 15 is 0 Å². The second-order valence-electron chi connectivity index (χ2n) is 5.67. The normalized spacial score (nSPS) is 21.2. The summed E-state index contributed by atoms with van der Waals surface area (Å²) in [6.07, 6.45) is 4.21. The van der Waals surface area contributed by atoms with Gasteiger partial charge in [0.2, 0.25) is 0 Å². The van der Waals surface area contributed by atoms with Crippen LogP contribution in [0.25, 0.3) is 10.9 Å². The Balaban J connectivity index is 1.47. The molecule has 106 valence electrons. The molecule has 2 aromatic carbocycles. The van der Waals surface area contributed by atoms with E-state index in [4.69, 9.17) is 0 Å². The number of fused-ring (bicyclic) bond motifs is 1. The molecule has 4 rings (SSSR count). The fraction of sp³-hybridized carbons (Fsp3) is 0.235. The van der Waals surface area contributed by atoms with Gasteiger partial charge in [-0.1, -0.05) is 46.3 Å². The fourth-order valence-electron chi connectivity index (χ4n) is 3.10.